The first-order valence-corrected chi connectivity index (χ1v) is 12.5. The Morgan fingerprint density at radius 2 is 1.56 bits per heavy atom. The number of nitrogens with zero attached hydrogens (tertiary/aromatic N) is 4. The van der Waals surface area contributed by atoms with Crippen molar-refractivity contribution in [1.82, 2.24) is 18.8 Å². The predicted octanol–water partition coefficient (Wildman–Crippen LogP) is 2.54. The van der Waals surface area contributed by atoms with Gasteiger partial charge in [0, 0.05) is 51.2 Å². The zero-order chi connectivity index (χ0) is 24.1. The van der Waals surface area contributed by atoms with E-state index in [-0.39, 0.29) is 23.9 Å². The molecule has 0 atom stereocenters. The number of sulfonamides is 1. The van der Waals surface area contributed by atoms with Crippen LogP contribution in [0.4, 0.5) is 0 Å². The minimum Gasteiger partial charge on any atom is -0.494 e. The molecular formula is C24H28N4O5S. The van der Waals surface area contributed by atoms with Gasteiger partial charge in [-0.1, -0.05) is 0 Å². The highest BCUT2D eigenvalue weighted by molar-refractivity contribution is 7.89. The van der Waals surface area contributed by atoms with Crippen LogP contribution in [0, 0.1) is 0 Å². The standard InChI is InChI=1S/C24H28N4O5S/c1-3-32-20-8-10-22(11-9-20)34(30,31)28-16-14-27(15-17-28)24(29)19-4-6-21(7-5-19)33-18-23-25-12-13-26(23)2/h4-13H,3,14-18H2,1-2H3. The van der Waals surface area contributed by atoms with E-state index in [0.29, 0.717) is 43.4 Å². The van der Waals surface area contributed by atoms with Crippen molar-refractivity contribution in [2.45, 2.75) is 18.4 Å². The SMILES string of the molecule is CCOc1ccc(S(=O)(=O)N2CCN(C(=O)c3ccc(OCc4nccn4C)cc3)CC2)cc1. The lowest BCUT2D eigenvalue weighted by Crippen LogP contribution is -2.50. The Kier molecular flexibility index (Phi) is 7.18. The Morgan fingerprint density at radius 3 is 2.15 bits per heavy atom. The molecule has 10 heteroatoms. The van der Waals surface area contributed by atoms with Gasteiger partial charge in [0.2, 0.25) is 10.0 Å². The highest BCUT2D eigenvalue weighted by Gasteiger charge is 2.30. The van der Waals surface area contributed by atoms with E-state index in [1.807, 2.05) is 24.7 Å². The zero-order valence-electron chi connectivity index (χ0n) is 19.3. The summed E-state index contributed by atoms with van der Waals surface area (Å²) in [7, 11) is -1.73. The molecule has 0 unspecified atom stereocenters. The monoisotopic (exact) mass is 484 g/mol. The maximum Gasteiger partial charge on any atom is 0.253 e. The van der Waals surface area contributed by atoms with Crippen LogP contribution in [-0.2, 0) is 23.7 Å². The molecule has 2 aromatic carbocycles. The van der Waals surface area contributed by atoms with Crippen LogP contribution < -0.4 is 9.47 Å². The van der Waals surface area contributed by atoms with Crippen molar-refractivity contribution in [2.75, 3.05) is 32.8 Å². The Balaban J connectivity index is 1.32. The first kappa shape index (κ1) is 23.8. The lowest BCUT2D eigenvalue weighted by Gasteiger charge is -2.34. The number of ether oxygens (including phenoxy) is 2. The van der Waals surface area contributed by atoms with Crippen molar-refractivity contribution >= 4 is 15.9 Å². The number of carbonyl (C=O) groups excluding carboxylic acids is 1. The highest BCUT2D eigenvalue weighted by Crippen LogP contribution is 2.22. The van der Waals surface area contributed by atoms with Crippen LogP contribution in [0.5, 0.6) is 11.5 Å². The van der Waals surface area contributed by atoms with E-state index >= 15 is 0 Å². The number of benzene rings is 2. The molecule has 4 rings (SSSR count). The molecule has 180 valence electrons. The van der Waals surface area contributed by atoms with Gasteiger partial charge in [0.25, 0.3) is 5.91 Å². The summed E-state index contributed by atoms with van der Waals surface area (Å²) >= 11 is 0. The summed E-state index contributed by atoms with van der Waals surface area (Å²) in [6, 6.07) is 13.4. The number of imidazole rings is 1. The molecule has 1 amide bonds. The number of aromatic nitrogens is 2. The zero-order valence-corrected chi connectivity index (χ0v) is 20.1. The van der Waals surface area contributed by atoms with Crippen LogP contribution in [-0.4, -0.2) is 65.9 Å². The molecule has 0 bridgehead atoms. The smallest absolute Gasteiger partial charge is 0.253 e. The van der Waals surface area contributed by atoms with Crippen molar-refractivity contribution in [3.05, 3.63) is 72.3 Å². The van der Waals surface area contributed by atoms with Crippen LogP contribution in [0.3, 0.4) is 0 Å². The Morgan fingerprint density at radius 1 is 0.941 bits per heavy atom. The van der Waals surface area contributed by atoms with Crippen molar-refractivity contribution in [3.63, 3.8) is 0 Å². The van der Waals surface area contributed by atoms with Crippen molar-refractivity contribution in [3.8, 4) is 11.5 Å². The molecule has 34 heavy (non-hydrogen) atoms. The Labute approximate surface area is 199 Å². The minimum absolute atomic E-state index is 0.131. The second-order valence-electron chi connectivity index (χ2n) is 7.87. The number of carbonyl (C=O) groups is 1. The van der Waals surface area contributed by atoms with Gasteiger partial charge in [0.05, 0.1) is 11.5 Å². The average molecular weight is 485 g/mol. The number of hydrogen-bond acceptors (Lipinski definition) is 6. The van der Waals surface area contributed by atoms with Crippen molar-refractivity contribution in [1.29, 1.82) is 0 Å². The Bertz CT molecular complexity index is 1220. The first-order chi connectivity index (χ1) is 16.4. The lowest BCUT2D eigenvalue weighted by atomic mass is 10.2. The van der Waals surface area contributed by atoms with Gasteiger partial charge in [0.15, 0.2) is 0 Å². The van der Waals surface area contributed by atoms with Gasteiger partial charge in [-0.05, 0) is 55.5 Å². The molecule has 0 aliphatic carbocycles. The summed E-state index contributed by atoms with van der Waals surface area (Å²) in [5, 5.41) is 0. The number of hydrogen-bond donors (Lipinski definition) is 0. The predicted molar refractivity (Wildman–Crippen MR) is 126 cm³/mol. The molecule has 0 N–H and O–H groups in total. The first-order valence-electron chi connectivity index (χ1n) is 11.1. The summed E-state index contributed by atoms with van der Waals surface area (Å²) in [5.41, 5.74) is 0.534. The van der Waals surface area contributed by atoms with Crippen molar-refractivity contribution in [2.24, 2.45) is 7.05 Å². The quantitative estimate of drug-likeness (QED) is 0.488. The van der Waals surface area contributed by atoms with Gasteiger partial charge < -0.3 is 18.9 Å². The molecule has 0 saturated carbocycles. The molecule has 0 spiro atoms. The van der Waals surface area contributed by atoms with E-state index < -0.39 is 10.0 Å². The van der Waals surface area contributed by atoms with Crippen molar-refractivity contribution < 1.29 is 22.7 Å². The summed E-state index contributed by atoms with van der Waals surface area (Å²) in [6.45, 7) is 3.86. The third kappa shape index (κ3) is 5.23. The van der Waals surface area contributed by atoms with Gasteiger partial charge in [-0.2, -0.15) is 4.31 Å². The molecule has 1 aromatic heterocycles. The highest BCUT2D eigenvalue weighted by atomic mass is 32.2. The second-order valence-corrected chi connectivity index (χ2v) is 9.81. The van der Waals surface area contributed by atoms with Crippen LogP contribution in [0.2, 0.25) is 0 Å². The topological polar surface area (TPSA) is 94.0 Å². The third-order valence-corrected chi connectivity index (χ3v) is 7.60. The molecule has 3 aromatic rings. The summed E-state index contributed by atoms with van der Waals surface area (Å²) in [4.78, 5) is 19.0. The normalized spacial score (nSPS) is 14.7. The third-order valence-electron chi connectivity index (χ3n) is 5.69. The van der Waals surface area contributed by atoms with Crippen LogP contribution in [0.1, 0.15) is 23.1 Å². The second kappa shape index (κ2) is 10.3. The number of aryl methyl sites for hydroxylation is 1. The van der Waals surface area contributed by atoms with Gasteiger partial charge >= 0.3 is 0 Å². The molecular weight excluding hydrogens is 456 g/mol. The molecule has 2 heterocycles. The van der Waals surface area contributed by atoms with Crippen LogP contribution in [0.15, 0.2) is 65.8 Å². The molecule has 1 aliphatic heterocycles. The average Bonchev–Trinajstić information content (AvgIpc) is 3.28. The van der Waals surface area contributed by atoms with E-state index in [1.165, 1.54) is 4.31 Å². The summed E-state index contributed by atoms with van der Waals surface area (Å²) in [6.07, 6.45) is 3.56. The largest absolute Gasteiger partial charge is 0.494 e. The van der Waals surface area contributed by atoms with Gasteiger partial charge in [0.1, 0.15) is 23.9 Å². The van der Waals surface area contributed by atoms with E-state index in [1.54, 1.807) is 59.6 Å². The van der Waals surface area contributed by atoms with Crippen LogP contribution in [0.25, 0.3) is 0 Å². The number of piperazine rings is 1. The lowest BCUT2D eigenvalue weighted by molar-refractivity contribution is 0.0698. The fourth-order valence-corrected chi connectivity index (χ4v) is 5.14. The summed E-state index contributed by atoms with van der Waals surface area (Å²) < 4.78 is 40.4. The molecule has 9 nitrogen and oxygen atoms in total. The fraction of sp³-hybridized carbons (Fsp3) is 0.333. The minimum atomic E-state index is -3.62. The maximum absolute atomic E-state index is 13.0. The number of amides is 1. The Hall–Kier alpha value is -3.37. The molecule has 1 aliphatic rings. The van der Waals surface area contributed by atoms with E-state index in [4.69, 9.17) is 9.47 Å². The van der Waals surface area contributed by atoms with Gasteiger partial charge in [-0.25, -0.2) is 13.4 Å². The molecule has 1 saturated heterocycles. The maximum atomic E-state index is 13.0. The molecule has 0 radical (unpaired) electrons. The summed E-state index contributed by atoms with van der Waals surface area (Å²) in [5.74, 6) is 1.95. The van der Waals surface area contributed by atoms with E-state index in [9.17, 15) is 13.2 Å². The van der Waals surface area contributed by atoms with E-state index in [0.717, 1.165) is 5.82 Å². The van der Waals surface area contributed by atoms with E-state index in [2.05, 4.69) is 4.98 Å². The number of rotatable bonds is 8. The fourth-order valence-electron chi connectivity index (χ4n) is 3.71. The molecule has 1 fully saturated rings. The van der Waals surface area contributed by atoms with Crippen LogP contribution >= 0.6 is 0 Å². The van der Waals surface area contributed by atoms with Gasteiger partial charge in [-0.15, -0.1) is 0 Å². The van der Waals surface area contributed by atoms with Gasteiger partial charge in [-0.3, -0.25) is 4.79 Å².